The fourth-order valence-corrected chi connectivity index (χ4v) is 1.77. The van der Waals surface area contributed by atoms with Crippen LogP contribution in [0, 0.1) is 11.6 Å². The topological polar surface area (TPSA) is 61.5 Å². The molecule has 0 aromatic heterocycles. The summed E-state index contributed by atoms with van der Waals surface area (Å²) in [7, 11) is 1.17. The zero-order chi connectivity index (χ0) is 15.6. The van der Waals surface area contributed by atoms with Gasteiger partial charge in [0.1, 0.15) is 11.6 Å². The number of halogens is 3. The summed E-state index contributed by atoms with van der Waals surface area (Å²) in [6, 6.07) is 5.58. The first-order valence-corrected chi connectivity index (χ1v) is 6.10. The van der Waals surface area contributed by atoms with Gasteiger partial charge in [-0.2, -0.15) is 0 Å². The van der Waals surface area contributed by atoms with Gasteiger partial charge in [0.25, 0.3) is 0 Å². The maximum atomic E-state index is 13.8. The number of esters is 1. The number of nitrogen functional groups attached to an aromatic ring is 1. The van der Waals surface area contributed by atoms with E-state index in [0.717, 1.165) is 18.2 Å². The Hall–Kier alpha value is -2.34. The van der Waals surface area contributed by atoms with Crippen LogP contribution in [0.3, 0.4) is 0 Å². The van der Waals surface area contributed by atoms with Crippen molar-refractivity contribution >= 4 is 23.3 Å². The van der Waals surface area contributed by atoms with Gasteiger partial charge in [-0.3, -0.25) is 0 Å². The lowest BCUT2D eigenvalue weighted by Gasteiger charge is -2.10. The smallest absolute Gasteiger partial charge is 0.340 e. The quantitative estimate of drug-likeness (QED) is 0.692. The maximum absolute atomic E-state index is 13.8. The van der Waals surface area contributed by atoms with Crippen LogP contribution in [0.2, 0.25) is 5.02 Å². The lowest BCUT2D eigenvalue weighted by Crippen LogP contribution is -2.06. The molecule has 0 aliphatic heterocycles. The van der Waals surface area contributed by atoms with Crippen molar-refractivity contribution in [3.05, 3.63) is 52.6 Å². The molecule has 0 radical (unpaired) electrons. The third kappa shape index (κ3) is 3.22. The lowest BCUT2D eigenvalue weighted by molar-refractivity contribution is 0.0601. The number of anilines is 1. The molecule has 0 heterocycles. The number of nitrogens with two attached hydrogens (primary N) is 1. The molecule has 0 atom stereocenters. The summed E-state index contributed by atoms with van der Waals surface area (Å²) in [6.07, 6.45) is 0. The molecule has 0 bridgehead atoms. The third-order valence-corrected chi connectivity index (χ3v) is 2.92. The number of carbonyl (C=O) groups excluding carboxylic acids is 1. The van der Waals surface area contributed by atoms with E-state index in [-0.39, 0.29) is 27.8 Å². The van der Waals surface area contributed by atoms with Crippen molar-refractivity contribution in [2.75, 3.05) is 12.8 Å². The highest BCUT2D eigenvalue weighted by Gasteiger charge is 2.16. The van der Waals surface area contributed by atoms with Gasteiger partial charge in [0.2, 0.25) is 0 Å². The predicted octanol–water partition coefficient (Wildman–Crippen LogP) is 3.78. The minimum absolute atomic E-state index is 0.0397. The van der Waals surface area contributed by atoms with Crippen molar-refractivity contribution in [1.29, 1.82) is 0 Å². The Labute approximate surface area is 124 Å². The highest BCUT2D eigenvalue weighted by atomic mass is 35.5. The molecular formula is C14H10ClF2NO3. The first-order valence-electron chi connectivity index (χ1n) is 5.72. The highest BCUT2D eigenvalue weighted by Crippen LogP contribution is 2.30. The fourth-order valence-electron chi connectivity index (χ4n) is 1.60. The van der Waals surface area contributed by atoms with Crippen LogP contribution < -0.4 is 10.5 Å². The molecule has 2 aromatic rings. The molecule has 0 spiro atoms. The number of rotatable bonds is 3. The Kier molecular flexibility index (Phi) is 4.28. The Morgan fingerprint density at radius 2 is 1.90 bits per heavy atom. The number of benzene rings is 2. The molecule has 2 N–H and O–H groups in total. The van der Waals surface area contributed by atoms with E-state index < -0.39 is 17.6 Å². The molecule has 2 aromatic carbocycles. The number of methoxy groups -OCH3 is 1. The van der Waals surface area contributed by atoms with Crippen molar-refractivity contribution in [2.45, 2.75) is 0 Å². The molecule has 0 amide bonds. The average Bonchev–Trinajstić information content (AvgIpc) is 2.45. The molecule has 0 saturated heterocycles. The second kappa shape index (κ2) is 5.97. The second-order valence-electron chi connectivity index (χ2n) is 4.04. The molecule has 21 heavy (non-hydrogen) atoms. The second-order valence-corrected chi connectivity index (χ2v) is 4.45. The van der Waals surface area contributed by atoms with Crippen molar-refractivity contribution in [2.24, 2.45) is 0 Å². The van der Waals surface area contributed by atoms with Gasteiger partial charge in [0.05, 0.1) is 17.7 Å². The Balaban J connectivity index is 2.39. The van der Waals surface area contributed by atoms with Gasteiger partial charge in [0.15, 0.2) is 11.6 Å². The van der Waals surface area contributed by atoms with E-state index in [4.69, 9.17) is 22.1 Å². The first kappa shape index (κ1) is 15.1. The van der Waals surface area contributed by atoms with Crippen LogP contribution in [0.25, 0.3) is 0 Å². The number of carbonyl (C=O) groups is 1. The first-order chi connectivity index (χ1) is 9.92. The zero-order valence-corrected chi connectivity index (χ0v) is 11.6. The van der Waals surface area contributed by atoms with Crippen molar-refractivity contribution in [3.8, 4) is 11.5 Å². The minimum atomic E-state index is -0.777. The Bertz CT molecular complexity index is 707. The van der Waals surface area contributed by atoms with Gasteiger partial charge in [-0.05, 0) is 12.1 Å². The maximum Gasteiger partial charge on any atom is 0.340 e. The molecule has 0 aliphatic rings. The summed E-state index contributed by atoms with van der Waals surface area (Å²) in [6.45, 7) is 0. The van der Waals surface area contributed by atoms with Crippen LogP contribution in [-0.2, 0) is 4.74 Å². The molecule has 4 nitrogen and oxygen atoms in total. The van der Waals surface area contributed by atoms with E-state index in [2.05, 4.69) is 4.74 Å². The van der Waals surface area contributed by atoms with Crippen LogP contribution >= 0.6 is 11.6 Å². The molecule has 0 saturated carbocycles. The lowest BCUT2D eigenvalue weighted by atomic mass is 10.1. The predicted molar refractivity (Wildman–Crippen MR) is 73.6 cm³/mol. The summed E-state index contributed by atoms with van der Waals surface area (Å²) >= 11 is 5.61. The summed E-state index contributed by atoms with van der Waals surface area (Å²) in [5, 5.41) is -0.170. The Morgan fingerprint density at radius 1 is 1.19 bits per heavy atom. The summed E-state index contributed by atoms with van der Waals surface area (Å²) in [5.74, 6) is -2.28. The Morgan fingerprint density at radius 3 is 2.52 bits per heavy atom. The van der Waals surface area contributed by atoms with E-state index in [9.17, 15) is 13.6 Å². The van der Waals surface area contributed by atoms with Gasteiger partial charge in [-0.15, -0.1) is 0 Å². The van der Waals surface area contributed by atoms with E-state index in [1.54, 1.807) is 0 Å². The van der Waals surface area contributed by atoms with Gasteiger partial charge < -0.3 is 15.2 Å². The molecule has 7 heteroatoms. The van der Waals surface area contributed by atoms with Crippen LogP contribution in [0.4, 0.5) is 14.5 Å². The normalized spacial score (nSPS) is 10.3. The summed E-state index contributed by atoms with van der Waals surface area (Å²) in [5.41, 5.74) is 5.42. The zero-order valence-electron chi connectivity index (χ0n) is 10.8. The SMILES string of the molecule is COC(=O)c1cc(Oc2ccc(F)c(Cl)c2)c(F)cc1N. The van der Waals surface area contributed by atoms with Crippen LogP contribution in [0.15, 0.2) is 30.3 Å². The van der Waals surface area contributed by atoms with Crippen molar-refractivity contribution < 1.29 is 23.0 Å². The molecular weight excluding hydrogens is 304 g/mol. The van der Waals surface area contributed by atoms with Gasteiger partial charge >= 0.3 is 5.97 Å². The molecule has 0 aliphatic carbocycles. The van der Waals surface area contributed by atoms with Crippen molar-refractivity contribution in [1.82, 2.24) is 0 Å². The van der Waals surface area contributed by atoms with E-state index in [1.165, 1.54) is 19.2 Å². The number of ether oxygens (including phenoxy) is 2. The molecule has 0 fully saturated rings. The van der Waals surface area contributed by atoms with Crippen molar-refractivity contribution in [3.63, 3.8) is 0 Å². The molecule has 110 valence electrons. The van der Waals surface area contributed by atoms with Gasteiger partial charge in [-0.1, -0.05) is 11.6 Å². The minimum Gasteiger partial charge on any atom is -0.465 e. The number of hydrogen-bond donors (Lipinski definition) is 1. The monoisotopic (exact) mass is 313 g/mol. The van der Waals surface area contributed by atoms with Crippen LogP contribution in [0.5, 0.6) is 11.5 Å². The fraction of sp³-hybridized carbons (Fsp3) is 0.0714. The van der Waals surface area contributed by atoms with E-state index >= 15 is 0 Å². The van der Waals surface area contributed by atoms with Gasteiger partial charge in [-0.25, -0.2) is 13.6 Å². The van der Waals surface area contributed by atoms with E-state index in [0.29, 0.717) is 0 Å². The van der Waals surface area contributed by atoms with Crippen LogP contribution in [0.1, 0.15) is 10.4 Å². The largest absolute Gasteiger partial charge is 0.465 e. The standard InChI is InChI=1S/C14H10ClF2NO3/c1-20-14(19)8-5-13(11(17)6-12(8)18)21-7-2-3-10(16)9(15)4-7/h2-6H,18H2,1H3. The van der Waals surface area contributed by atoms with Gasteiger partial charge in [0, 0.05) is 23.9 Å². The average molecular weight is 314 g/mol. The molecule has 2 rings (SSSR count). The van der Waals surface area contributed by atoms with E-state index in [1.807, 2.05) is 0 Å². The number of hydrogen-bond acceptors (Lipinski definition) is 4. The molecule has 0 unspecified atom stereocenters. The third-order valence-electron chi connectivity index (χ3n) is 2.63. The summed E-state index contributed by atoms with van der Waals surface area (Å²) < 4.78 is 36.6. The summed E-state index contributed by atoms with van der Waals surface area (Å²) in [4.78, 5) is 11.5. The van der Waals surface area contributed by atoms with Crippen LogP contribution in [-0.4, -0.2) is 13.1 Å². The highest BCUT2D eigenvalue weighted by molar-refractivity contribution is 6.30.